The smallest absolute Gasteiger partial charge is 0.303 e. The number of fused-ring (bicyclic) bond motifs is 1. The predicted molar refractivity (Wildman–Crippen MR) is 102 cm³/mol. The molecule has 1 saturated carbocycles. The molecule has 2 aliphatic rings. The van der Waals surface area contributed by atoms with Crippen molar-refractivity contribution >= 4 is 11.7 Å². The molecule has 0 aromatic heterocycles. The lowest BCUT2D eigenvalue weighted by Crippen LogP contribution is -2.34. The minimum Gasteiger partial charge on any atom is -0.490 e. The lowest BCUT2D eigenvalue weighted by atomic mass is 9.94. The predicted octanol–water partition coefficient (Wildman–Crippen LogP) is 4.94. The number of carboxylic acid groups (broad SMARTS) is 1. The van der Waals surface area contributed by atoms with Gasteiger partial charge in [-0.2, -0.15) is 0 Å². The van der Waals surface area contributed by atoms with Crippen LogP contribution in [0.1, 0.15) is 48.7 Å². The average molecular weight is 405 g/mol. The summed E-state index contributed by atoms with van der Waals surface area (Å²) in [6.45, 7) is 0.180. The van der Waals surface area contributed by atoms with Gasteiger partial charge in [0.15, 0.2) is 17.9 Å². The first kappa shape index (κ1) is 19.6. The molecule has 1 fully saturated rings. The van der Waals surface area contributed by atoms with Gasteiger partial charge >= 0.3 is 5.97 Å². The first-order chi connectivity index (χ1) is 13.9. The molecule has 2 aromatic carbocycles. The summed E-state index contributed by atoms with van der Waals surface area (Å²) in [5.41, 5.74) is 1.83. The number of aliphatic carboxylic acids is 1. The van der Waals surface area contributed by atoms with Gasteiger partial charge in [-0.1, -0.05) is 18.2 Å². The third kappa shape index (κ3) is 4.04. The van der Waals surface area contributed by atoms with E-state index < -0.39 is 23.9 Å². The molecule has 1 atom stereocenters. The summed E-state index contributed by atoms with van der Waals surface area (Å²) in [6, 6.07) is 7.47. The molecule has 7 heteroatoms. The molecule has 0 saturated heterocycles. The summed E-state index contributed by atoms with van der Waals surface area (Å²) >= 11 is 0. The Balaban J connectivity index is 1.58. The lowest BCUT2D eigenvalue weighted by molar-refractivity contribution is -0.136. The van der Waals surface area contributed by atoms with Crippen LogP contribution in [0.25, 0.3) is 0 Å². The van der Waals surface area contributed by atoms with E-state index in [0.717, 1.165) is 36.5 Å². The van der Waals surface area contributed by atoms with E-state index in [0.29, 0.717) is 18.4 Å². The SMILES string of the molecule is O=C(O)CCc1ccc2c(c1)CCN(c1cc(OC3CCC3)cc(F)c1F)C2F. The molecule has 1 heterocycles. The molecular weight excluding hydrogens is 383 g/mol. The summed E-state index contributed by atoms with van der Waals surface area (Å²) in [5, 5.41) is 8.82. The van der Waals surface area contributed by atoms with Gasteiger partial charge in [-0.15, -0.1) is 0 Å². The molecule has 0 amide bonds. The molecule has 154 valence electrons. The second kappa shape index (κ2) is 7.97. The van der Waals surface area contributed by atoms with E-state index >= 15 is 4.39 Å². The van der Waals surface area contributed by atoms with Gasteiger partial charge in [0.05, 0.1) is 11.8 Å². The normalized spacial score (nSPS) is 18.9. The Morgan fingerprint density at radius 2 is 2.00 bits per heavy atom. The molecule has 4 nitrogen and oxygen atoms in total. The number of ether oxygens (including phenoxy) is 1. The first-order valence-corrected chi connectivity index (χ1v) is 9.82. The molecule has 0 spiro atoms. The number of anilines is 1. The van der Waals surface area contributed by atoms with Crippen LogP contribution in [0.5, 0.6) is 5.75 Å². The van der Waals surface area contributed by atoms with Crippen LogP contribution < -0.4 is 9.64 Å². The van der Waals surface area contributed by atoms with Gasteiger partial charge in [0, 0.05) is 30.7 Å². The molecular formula is C22H22F3NO3. The summed E-state index contributed by atoms with van der Waals surface area (Å²) in [7, 11) is 0. The van der Waals surface area contributed by atoms with Crippen molar-refractivity contribution in [2.75, 3.05) is 11.4 Å². The Bertz CT molecular complexity index is 930. The summed E-state index contributed by atoms with van der Waals surface area (Å²) in [5.74, 6) is -2.82. The summed E-state index contributed by atoms with van der Waals surface area (Å²) in [4.78, 5) is 12.0. The van der Waals surface area contributed by atoms with Crippen LogP contribution in [0.3, 0.4) is 0 Å². The Labute approximate surface area is 166 Å². The van der Waals surface area contributed by atoms with Gasteiger partial charge in [-0.3, -0.25) is 4.79 Å². The van der Waals surface area contributed by atoms with Gasteiger partial charge in [0.25, 0.3) is 0 Å². The molecule has 0 bridgehead atoms. The molecule has 1 unspecified atom stereocenters. The Morgan fingerprint density at radius 1 is 1.21 bits per heavy atom. The quantitative estimate of drug-likeness (QED) is 0.692. The van der Waals surface area contributed by atoms with Crippen molar-refractivity contribution in [1.82, 2.24) is 0 Å². The van der Waals surface area contributed by atoms with Crippen molar-refractivity contribution < 1.29 is 27.8 Å². The maximum absolute atomic E-state index is 15.3. The number of aryl methyl sites for hydroxylation is 1. The van der Waals surface area contributed by atoms with Crippen LogP contribution in [-0.4, -0.2) is 23.7 Å². The van der Waals surface area contributed by atoms with E-state index in [1.807, 2.05) is 0 Å². The standard InChI is InChI=1S/C22H22F3NO3/c23-18-11-16(29-15-2-1-3-15)12-19(21(18)24)26-9-8-14-10-13(5-7-20(27)28)4-6-17(14)22(26)25/h4,6,10-12,15,22H,1-3,5,7-9H2,(H,27,28). The fourth-order valence-corrected chi connectivity index (χ4v) is 3.79. The molecule has 1 N–H and O–H groups in total. The van der Waals surface area contributed by atoms with Gasteiger partial charge < -0.3 is 14.7 Å². The number of hydrogen-bond acceptors (Lipinski definition) is 3. The highest BCUT2D eigenvalue weighted by molar-refractivity contribution is 5.67. The number of carbonyl (C=O) groups is 1. The first-order valence-electron chi connectivity index (χ1n) is 9.82. The number of hydrogen-bond donors (Lipinski definition) is 1. The van der Waals surface area contributed by atoms with Crippen LogP contribution in [0.2, 0.25) is 0 Å². The number of alkyl halides is 1. The molecule has 29 heavy (non-hydrogen) atoms. The van der Waals surface area contributed by atoms with Crippen molar-refractivity contribution in [1.29, 1.82) is 0 Å². The fourth-order valence-electron chi connectivity index (χ4n) is 3.79. The molecule has 1 aliphatic heterocycles. The molecule has 2 aromatic rings. The van der Waals surface area contributed by atoms with E-state index in [1.165, 1.54) is 11.0 Å². The van der Waals surface area contributed by atoms with E-state index in [9.17, 15) is 13.6 Å². The highest BCUT2D eigenvalue weighted by Crippen LogP contribution is 2.39. The molecule has 4 rings (SSSR count). The van der Waals surface area contributed by atoms with Crippen LogP contribution in [-0.2, 0) is 17.6 Å². The maximum atomic E-state index is 15.3. The van der Waals surface area contributed by atoms with E-state index in [4.69, 9.17) is 9.84 Å². The van der Waals surface area contributed by atoms with Crippen molar-refractivity contribution in [2.24, 2.45) is 0 Å². The zero-order valence-corrected chi connectivity index (χ0v) is 15.8. The maximum Gasteiger partial charge on any atom is 0.303 e. The second-order valence-corrected chi connectivity index (χ2v) is 7.62. The Morgan fingerprint density at radius 3 is 2.69 bits per heavy atom. The van der Waals surface area contributed by atoms with Crippen LogP contribution >= 0.6 is 0 Å². The van der Waals surface area contributed by atoms with E-state index in [1.54, 1.807) is 18.2 Å². The minimum absolute atomic E-state index is 0.000176. The van der Waals surface area contributed by atoms with Crippen molar-refractivity contribution in [3.63, 3.8) is 0 Å². The van der Waals surface area contributed by atoms with Gasteiger partial charge in [0.1, 0.15) is 5.75 Å². The van der Waals surface area contributed by atoms with Crippen LogP contribution in [0.4, 0.5) is 18.9 Å². The minimum atomic E-state index is -1.62. The largest absolute Gasteiger partial charge is 0.490 e. The van der Waals surface area contributed by atoms with Crippen molar-refractivity contribution in [3.05, 3.63) is 58.7 Å². The highest BCUT2D eigenvalue weighted by atomic mass is 19.2. The topological polar surface area (TPSA) is 49.8 Å². The van der Waals surface area contributed by atoms with Crippen LogP contribution in [0, 0.1) is 11.6 Å². The second-order valence-electron chi connectivity index (χ2n) is 7.62. The van der Waals surface area contributed by atoms with Gasteiger partial charge in [-0.05, 0) is 43.2 Å². The Kier molecular flexibility index (Phi) is 5.39. The fraction of sp³-hybridized carbons (Fsp3) is 0.409. The third-order valence-corrected chi connectivity index (χ3v) is 5.63. The van der Waals surface area contributed by atoms with Gasteiger partial charge in [0.2, 0.25) is 0 Å². The summed E-state index contributed by atoms with van der Waals surface area (Å²) in [6.07, 6.45) is 1.99. The van der Waals surface area contributed by atoms with Gasteiger partial charge in [-0.25, -0.2) is 13.2 Å². The zero-order valence-electron chi connectivity index (χ0n) is 15.8. The number of carboxylic acids is 1. The highest BCUT2D eigenvalue weighted by Gasteiger charge is 2.31. The van der Waals surface area contributed by atoms with Crippen molar-refractivity contribution in [2.45, 2.75) is 50.9 Å². The number of nitrogens with zero attached hydrogens (tertiary/aromatic N) is 1. The van der Waals surface area contributed by atoms with E-state index in [2.05, 4.69) is 0 Å². The Hall–Kier alpha value is -2.70. The van der Waals surface area contributed by atoms with Crippen molar-refractivity contribution in [3.8, 4) is 5.75 Å². The lowest BCUT2D eigenvalue weighted by Gasteiger charge is -2.35. The zero-order chi connectivity index (χ0) is 20.5. The molecule has 1 aliphatic carbocycles. The monoisotopic (exact) mass is 405 g/mol. The van der Waals surface area contributed by atoms with E-state index in [-0.39, 0.29) is 30.5 Å². The number of rotatable bonds is 6. The van der Waals surface area contributed by atoms with Crippen LogP contribution in [0.15, 0.2) is 30.3 Å². The average Bonchev–Trinajstić information content (AvgIpc) is 2.66. The number of benzene rings is 2. The number of halogens is 3. The third-order valence-electron chi connectivity index (χ3n) is 5.63. The summed E-state index contributed by atoms with van der Waals surface area (Å²) < 4.78 is 49.6. The molecule has 0 radical (unpaired) electrons.